The van der Waals surface area contributed by atoms with E-state index in [1.165, 1.54) is 6.42 Å². The van der Waals surface area contributed by atoms with Gasteiger partial charge in [-0.05, 0) is 31.6 Å². The summed E-state index contributed by atoms with van der Waals surface area (Å²) in [5, 5.41) is 10.4. The summed E-state index contributed by atoms with van der Waals surface area (Å²) in [5.41, 5.74) is -1.05. The van der Waals surface area contributed by atoms with E-state index in [1.807, 2.05) is 18.7 Å². The Kier molecular flexibility index (Phi) is 7.95. The number of carbonyl (C=O) groups excluding carboxylic acids is 3. The average Bonchev–Trinajstić information content (AvgIpc) is 3.50. The maximum Gasteiger partial charge on any atom is 0.248 e. The number of ether oxygens (including phenoxy) is 1. The molecular weight excluding hydrogens is 458 g/mol. The van der Waals surface area contributed by atoms with Crippen molar-refractivity contribution in [1.82, 2.24) is 14.7 Å². The van der Waals surface area contributed by atoms with Crippen LogP contribution in [0.1, 0.15) is 58.8 Å². The molecule has 2 unspecified atom stereocenters. The second kappa shape index (κ2) is 10.7. The lowest BCUT2D eigenvalue weighted by Crippen LogP contribution is -2.61. The molecule has 3 saturated heterocycles. The van der Waals surface area contributed by atoms with Crippen LogP contribution in [0.5, 0.6) is 0 Å². The molecular formula is C28H43N3O5. The predicted molar refractivity (Wildman–Crippen MR) is 137 cm³/mol. The lowest BCUT2D eigenvalue weighted by molar-refractivity contribution is -0.154. The molecule has 200 valence electrons. The van der Waals surface area contributed by atoms with Crippen molar-refractivity contribution in [2.45, 2.75) is 88.6 Å². The van der Waals surface area contributed by atoms with Crippen LogP contribution in [-0.2, 0) is 19.1 Å². The highest BCUT2D eigenvalue weighted by Crippen LogP contribution is 2.59. The van der Waals surface area contributed by atoms with Crippen LogP contribution in [0.4, 0.5) is 0 Å². The number of amides is 3. The summed E-state index contributed by atoms with van der Waals surface area (Å²) in [7, 11) is 1.71. The van der Waals surface area contributed by atoms with Gasteiger partial charge in [0.1, 0.15) is 11.6 Å². The number of likely N-dealkylation sites (N-methyl/N-ethyl adjacent to an activating group) is 1. The number of carbonyl (C=O) groups is 3. The molecule has 3 heterocycles. The number of hydrogen-bond donors (Lipinski definition) is 1. The number of nitrogens with zero attached hydrogens (tertiary/aromatic N) is 3. The molecule has 4 aliphatic rings. The van der Waals surface area contributed by atoms with Gasteiger partial charge in [-0.2, -0.15) is 0 Å². The maximum absolute atomic E-state index is 14.5. The fourth-order valence-corrected chi connectivity index (χ4v) is 7.28. The molecule has 2 bridgehead atoms. The zero-order valence-electron chi connectivity index (χ0n) is 22.1. The third-order valence-electron chi connectivity index (χ3n) is 8.97. The molecule has 0 radical (unpaired) electrons. The fraction of sp³-hybridized carbons (Fsp3) is 0.750. The average molecular weight is 502 g/mol. The highest BCUT2D eigenvalue weighted by atomic mass is 16.5. The van der Waals surface area contributed by atoms with Crippen molar-refractivity contribution in [1.29, 1.82) is 0 Å². The topological polar surface area (TPSA) is 90.4 Å². The van der Waals surface area contributed by atoms with E-state index >= 15 is 0 Å². The quantitative estimate of drug-likeness (QED) is 0.464. The van der Waals surface area contributed by atoms with Crippen LogP contribution < -0.4 is 0 Å². The first-order valence-electron chi connectivity index (χ1n) is 13.6. The first kappa shape index (κ1) is 26.9. The Morgan fingerprint density at radius 2 is 1.81 bits per heavy atom. The van der Waals surface area contributed by atoms with Crippen LogP contribution >= 0.6 is 0 Å². The minimum Gasteiger partial charge on any atom is -0.394 e. The normalized spacial score (nSPS) is 32.5. The summed E-state index contributed by atoms with van der Waals surface area (Å²) in [6, 6.07) is -1.30. The molecule has 3 aliphatic heterocycles. The number of aliphatic hydroxyl groups excluding tert-OH is 1. The van der Waals surface area contributed by atoms with Gasteiger partial charge in [-0.25, -0.2) is 0 Å². The number of likely N-dealkylation sites (tertiary alicyclic amines) is 1. The molecule has 4 fully saturated rings. The van der Waals surface area contributed by atoms with Gasteiger partial charge in [0.15, 0.2) is 0 Å². The Morgan fingerprint density at radius 1 is 1.14 bits per heavy atom. The molecule has 0 aromatic heterocycles. The van der Waals surface area contributed by atoms with E-state index in [1.54, 1.807) is 29.0 Å². The SMILES string of the molecule is C=CCN(C)C(=O)[C@@H]1[C@@H]2CCC3(O2)C(C(=O)N(CC=C)C2CCCCC2)N([C@@H](CO)C(C)C)C(=O)[C@H]13. The summed E-state index contributed by atoms with van der Waals surface area (Å²) < 4.78 is 6.58. The van der Waals surface area contributed by atoms with Gasteiger partial charge in [-0.3, -0.25) is 14.4 Å². The first-order valence-corrected chi connectivity index (χ1v) is 13.6. The Morgan fingerprint density at radius 3 is 2.39 bits per heavy atom. The second-order valence-corrected chi connectivity index (χ2v) is 11.4. The van der Waals surface area contributed by atoms with Gasteiger partial charge in [0.05, 0.1) is 30.6 Å². The van der Waals surface area contributed by atoms with Gasteiger partial charge in [0.2, 0.25) is 17.7 Å². The summed E-state index contributed by atoms with van der Waals surface area (Å²) in [6.07, 6.45) is 9.39. The molecule has 4 rings (SSSR count). The van der Waals surface area contributed by atoms with Gasteiger partial charge >= 0.3 is 0 Å². The summed E-state index contributed by atoms with van der Waals surface area (Å²) in [4.78, 5) is 47.3. The minimum absolute atomic E-state index is 0.0678. The summed E-state index contributed by atoms with van der Waals surface area (Å²) >= 11 is 0. The van der Waals surface area contributed by atoms with Gasteiger partial charge in [-0.1, -0.05) is 45.3 Å². The van der Waals surface area contributed by atoms with Crippen LogP contribution in [0.15, 0.2) is 25.3 Å². The van der Waals surface area contributed by atoms with E-state index in [0.717, 1.165) is 25.7 Å². The van der Waals surface area contributed by atoms with Crippen molar-refractivity contribution >= 4 is 17.7 Å². The van der Waals surface area contributed by atoms with Crippen molar-refractivity contribution in [3.05, 3.63) is 25.3 Å². The molecule has 1 saturated carbocycles. The van der Waals surface area contributed by atoms with E-state index < -0.39 is 29.5 Å². The van der Waals surface area contributed by atoms with E-state index in [4.69, 9.17) is 4.74 Å². The van der Waals surface area contributed by atoms with Crippen molar-refractivity contribution in [3.8, 4) is 0 Å². The lowest BCUT2D eigenvalue weighted by Gasteiger charge is -2.43. The number of aliphatic hydroxyl groups is 1. The summed E-state index contributed by atoms with van der Waals surface area (Å²) in [5.74, 6) is -1.95. The van der Waals surface area contributed by atoms with E-state index in [0.29, 0.717) is 25.9 Å². The Hall–Kier alpha value is -2.19. The van der Waals surface area contributed by atoms with Crippen molar-refractivity contribution in [3.63, 3.8) is 0 Å². The zero-order valence-corrected chi connectivity index (χ0v) is 22.1. The predicted octanol–water partition coefficient (Wildman–Crippen LogP) is 2.37. The molecule has 1 aliphatic carbocycles. The summed E-state index contributed by atoms with van der Waals surface area (Å²) in [6.45, 7) is 12.1. The molecule has 36 heavy (non-hydrogen) atoms. The van der Waals surface area contributed by atoms with Gasteiger partial charge in [0, 0.05) is 26.2 Å². The Labute approximate surface area is 215 Å². The number of hydrogen-bond acceptors (Lipinski definition) is 5. The monoisotopic (exact) mass is 501 g/mol. The number of rotatable bonds is 10. The van der Waals surface area contributed by atoms with Crippen LogP contribution in [0, 0.1) is 17.8 Å². The highest BCUT2D eigenvalue weighted by molar-refractivity contribution is 5.99. The van der Waals surface area contributed by atoms with Gasteiger partial charge < -0.3 is 24.5 Å². The molecule has 0 aromatic rings. The molecule has 6 atom stereocenters. The van der Waals surface area contributed by atoms with E-state index in [-0.39, 0.29) is 42.4 Å². The molecule has 3 amide bonds. The third kappa shape index (κ3) is 4.20. The van der Waals surface area contributed by atoms with Crippen molar-refractivity contribution in [2.75, 3.05) is 26.7 Å². The molecule has 8 nitrogen and oxygen atoms in total. The van der Waals surface area contributed by atoms with Crippen molar-refractivity contribution in [2.24, 2.45) is 17.8 Å². The first-order chi connectivity index (χ1) is 17.2. The van der Waals surface area contributed by atoms with Crippen LogP contribution in [0.25, 0.3) is 0 Å². The van der Waals surface area contributed by atoms with Crippen LogP contribution in [0.3, 0.4) is 0 Å². The molecule has 1 N–H and O–H groups in total. The van der Waals surface area contributed by atoms with E-state index in [2.05, 4.69) is 13.2 Å². The van der Waals surface area contributed by atoms with Crippen LogP contribution in [0.2, 0.25) is 0 Å². The van der Waals surface area contributed by atoms with Crippen molar-refractivity contribution < 1.29 is 24.2 Å². The fourth-order valence-electron chi connectivity index (χ4n) is 7.28. The smallest absolute Gasteiger partial charge is 0.248 e. The zero-order chi connectivity index (χ0) is 26.2. The standard InChI is InChI=1S/C28H43N3O5/c1-6-15-29(5)25(33)22-21-13-14-28(36-21)23(22)26(34)31(20(17-32)18(3)4)24(28)27(35)30(16-7-2)19-11-9-8-10-12-19/h6-7,18-24,32H,1-2,8-17H2,3-5H3/t20-,21-,22+,23-,24?,28?/m0/s1. The molecule has 0 aromatic carbocycles. The Bertz CT molecular complexity index is 884. The van der Waals surface area contributed by atoms with Gasteiger partial charge in [-0.15, -0.1) is 13.2 Å². The highest BCUT2D eigenvalue weighted by Gasteiger charge is 2.75. The van der Waals surface area contributed by atoms with E-state index in [9.17, 15) is 19.5 Å². The lowest BCUT2D eigenvalue weighted by atomic mass is 9.70. The largest absolute Gasteiger partial charge is 0.394 e. The number of fused-ring (bicyclic) bond motifs is 1. The second-order valence-electron chi connectivity index (χ2n) is 11.4. The maximum atomic E-state index is 14.5. The van der Waals surface area contributed by atoms with Crippen LogP contribution in [-0.4, -0.2) is 94.1 Å². The van der Waals surface area contributed by atoms with Gasteiger partial charge in [0.25, 0.3) is 0 Å². The molecule has 1 spiro atoms. The molecule has 8 heteroatoms. The minimum atomic E-state index is -1.05. The Balaban J connectivity index is 1.77. The third-order valence-corrected chi connectivity index (χ3v) is 8.97.